The van der Waals surface area contributed by atoms with Crippen molar-refractivity contribution in [2.45, 2.75) is 126 Å². The molecule has 5 rings (SSSR count). The SMILES string of the molecule is CCC1C#CCC(C(O)CCc2ccc(O)c(OC(CO)CC(c3ccnc(N)c3)C3(c4ccc[nH]4)CCCCC3)c2)C(O)CCCC1. The number of nitrogens with one attached hydrogen (secondary N) is 1. The number of pyridine rings is 1. The number of rotatable bonds is 13. The number of benzene rings is 1. The first-order valence-electron chi connectivity index (χ1n) is 18.1. The van der Waals surface area contributed by atoms with E-state index in [2.05, 4.69) is 34.8 Å². The zero-order valence-corrected chi connectivity index (χ0v) is 28.5. The Hall–Kier alpha value is -3.51. The summed E-state index contributed by atoms with van der Waals surface area (Å²) in [6, 6.07) is 13.4. The fraction of sp³-hybridized carbons (Fsp3) is 0.575. The second kappa shape index (κ2) is 17.2. The number of ether oxygens (including phenoxy) is 1. The average Bonchev–Trinajstić information content (AvgIpc) is 3.66. The summed E-state index contributed by atoms with van der Waals surface area (Å²) < 4.78 is 6.41. The minimum Gasteiger partial charge on any atom is -0.504 e. The molecule has 2 aliphatic carbocycles. The number of nitrogens with two attached hydrogens (primary N) is 1. The van der Waals surface area contributed by atoms with Crippen molar-refractivity contribution in [1.29, 1.82) is 0 Å². The molecule has 1 fully saturated rings. The Morgan fingerprint density at radius 3 is 2.62 bits per heavy atom. The number of aromatic amines is 1. The summed E-state index contributed by atoms with van der Waals surface area (Å²) >= 11 is 0. The summed E-state index contributed by atoms with van der Waals surface area (Å²) in [5.41, 5.74) is 9.14. The molecule has 48 heavy (non-hydrogen) atoms. The molecule has 0 radical (unpaired) electrons. The highest BCUT2D eigenvalue weighted by molar-refractivity contribution is 5.42. The van der Waals surface area contributed by atoms with E-state index >= 15 is 0 Å². The molecule has 6 atom stereocenters. The monoisotopic (exact) mass is 657 g/mol. The third-order valence-electron chi connectivity index (χ3n) is 10.9. The number of aliphatic hydroxyl groups is 3. The molecule has 0 bridgehead atoms. The lowest BCUT2D eigenvalue weighted by atomic mass is 9.60. The van der Waals surface area contributed by atoms with E-state index in [-0.39, 0.29) is 29.6 Å². The van der Waals surface area contributed by atoms with E-state index in [1.54, 1.807) is 18.3 Å². The van der Waals surface area contributed by atoms with Crippen LogP contribution in [0.4, 0.5) is 5.82 Å². The smallest absolute Gasteiger partial charge is 0.161 e. The lowest BCUT2D eigenvalue weighted by Crippen LogP contribution is -2.39. The maximum atomic E-state index is 11.2. The molecule has 2 heterocycles. The number of anilines is 1. The first-order valence-corrected chi connectivity index (χ1v) is 18.1. The van der Waals surface area contributed by atoms with E-state index in [9.17, 15) is 20.4 Å². The number of hydrogen-bond acceptors (Lipinski definition) is 7. The fourth-order valence-electron chi connectivity index (χ4n) is 8.12. The van der Waals surface area contributed by atoms with Crippen LogP contribution in [0.2, 0.25) is 0 Å². The van der Waals surface area contributed by atoms with Gasteiger partial charge in [-0.15, -0.1) is 5.92 Å². The van der Waals surface area contributed by atoms with Gasteiger partial charge in [-0.3, -0.25) is 0 Å². The summed E-state index contributed by atoms with van der Waals surface area (Å²) in [6.45, 7) is 1.94. The van der Waals surface area contributed by atoms with Crippen LogP contribution in [0.1, 0.15) is 113 Å². The molecule has 0 amide bonds. The zero-order chi connectivity index (χ0) is 33.9. The van der Waals surface area contributed by atoms with Crippen molar-refractivity contribution < 1.29 is 25.2 Å². The number of phenolic OH excluding ortho intramolecular Hbond substituents is 1. The van der Waals surface area contributed by atoms with E-state index in [1.807, 2.05) is 30.5 Å². The Kier molecular flexibility index (Phi) is 12.9. The molecule has 1 aromatic carbocycles. The molecule has 7 N–H and O–H groups in total. The summed E-state index contributed by atoms with van der Waals surface area (Å²) in [4.78, 5) is 7.75. The molecule has 1 saturated carbocycles. The van der Waals surface area contributed by atoms with Crippen LogP contribution >= 0.6 is 0 Å². The first-order chi connectivity index (χ1) is 23.3. The third-order valence-corrected chi connectivity index (χ3v) is 10.9. The number of nitrogen functional groups attached to an aromatic ring is 1. The van der Waals surface area contributed by atoms with Gasteiger partial charge in [0.1, 0.15) is 11.9 Å². The van der Waals surface area contributed by atoms with Crippen molar-refractivity contribution in [2.75, 3.05) is 12.3 Å². The van der Waals surface area contributed by atoms with Gasteiger partial charge in [0.2, 0.25) is 0 Å². The summed E-state index contributed by atoms with van der Waals surface area (Å²) in [6.07, 6.45) is 14.0. The number of phenols is 1. The van der Waals surface area contributed by atoms with Crippen molar-refractivity contribution >= 4 is 5.82 Å². The lowest BCUT2D eigenvalue weighted by molar-refractivity contribution is 0.00559. The van der Waals surface area contributed by atoms with Crippen LogP contribution < -0.4 is 10.5 Å². The lowest BCUT2D eigenvalue weighted by Gasteiger charge is -2.44. The van der Waals surface area contributed by atoms with Crippen LogP contribution in [0.3, 0.4) is 0 Å². The van der Waals surface area contributed by atoms with E-state index in [0.717, 1.165) is 62.5 Å². The topological polar surface area (TPSA) is 145 Å². The van der Waals surface area contributed by atoms with E-state index < -0.39 is 18.3 Å². The Morgan fingerprint density at radius 2 is 1.90 bits per heavy atom. The normalized spacial score (nSPS) is 23.3. The number of nitrogens with zero attached hydrogens (tertiary/aromatic N) is 1. The maximum absolute atomic E-state index is 11.2. The van der Waals surface area contributed by atoms with Gasteiger partial charge in [0.15, 0.2) is 11.5 Å². The fourth-order valence-corrected chi connectivity index (χ4v) is 8.12. The standard InChI is InChI=1S/C40H55N3O5/c1-2-28-10-4-5-13-34(45)32(12-8-11-28)35(46)17-15-29-16-18-36(47)37(24-29)48-31(27-44)26-33(30-19-23-43-39(41)25-30)40(20-6-3-7-21-40)38-14-9-22-42-38/h9,14,16,18-19,22-25,28,31-35,42,44-47H,2-7,10,12-13,15,17,20-21,26-27H2,1H3,(H2,41,43). The number of aliphatic hydroxyl groups excluding tert-OH is 3. The van der Waals surface area contributed by atoms with Gasteiger partial charge >= 0.3 is 0 Å². The molecule has 0 spiro atoms. The molecule has 2 aliphatic rings. The van der Waals surface area contributed by atoms with Crippen LogP contribution in [0.5, 0.6) is 11.5 Å². The molecule has 3 aromatic rings. The molecule has 8 heteroatoms. The summed E-state index contributed by atoms with van der Waals surface area (Å²) in [7, 11) is 0. The van der Waals surface area contributed by atoms with Gasteiger partial charge in [0.05, 0.1) is 18.8 Å². The van der Waals surface area contributed by atoms with Gasteiger partial charge < -0.3 is 35.9 Å². The number of aromatic nitrogens is 2. The van der Waals surface area contributed by atoms with Crippen molar-refractivity contribution in [2.24, 2.45) is 11.8 Å². The van der Waals surface area contributed by atoms with Crippen molar-refractivity contribution in [1.82, 2.24) is 9.97 Å². The molecular weight excluding hydrogens is 602 g/mol. The molecule has 8 nitrogen and oxygen atoms in total. The predicted molar refractivity (Wildman–Crippen MR) is 190 cm³/mol. The van der Waals surface area contributed by atoms with Gasteiger partial charge in [-0.1, -0.05) is 51.0 Å². The Morgan fingerprint density at radius 1 is 1.08 bits per heavy atom. The molecule has 6 unspecified atom stereocenters. The minimum atomic E-state index is -0.703. The highest BCUT2D eigenvalue weighted by Gasteiger charge is 2.44. The largest absolute Gasteiger partial charge is 0.504 e. The van der Waals surface area contributed by atoms with Gasteiger partial charge in [0.25, 0.3) is 0 Å². The van der Waals surface area contributed by atoms with Gasteiger partial charge in [-0.05, 0) is 105 Å². The van der Waals surface area contributed by atoms with E-state index in [4.69, 9.17) is 10.5 Å². The van der Waals surface area contributed by atoms with Crippen molar-refractivity contribution in [3.8, 4) is 23.3 Å². The van der Waals surface area contributed by atoms with Gasteiger partial charge in [-0.2, -0.15) is 0 Å². The highest BCUT2D eigenvalue weighted by Crippen LogP contribution is 2.51. The molecular formula is C40H55N3O5. The van der Waals surface area contributed by atoms with Crippen LogP contribution in [-0.2, 0) is 11.8 Å². The third kappa shape index (κ3) is 8.93. The quantitative estimate of drug-likeness (QED) is 0.111. The maximum Gasteiger partial charge on any atom is 0.161 e. The molecule has 0 aliphatic heterocycles. The van der Waals surface area contributed by atoms with E-state index in [1.165, 1.54) is 12.1 Å². The number of aromatic hydroxyl groups is 1. The van der Waals surface area contributed by atoms with Crippen LogP contribution in [0.25, 0.3) is 0 Å². The number of aryl methyl sites for hydroxylation is 1. The van der Waals surface area contributed by atoms with Crippen molar-refractivity contribution in [3.05, 3.63) is 71.7 Å². The van der Waals surface area contributed by atoms with Crippen LogP contribution in [0, 0.1) is 23.7 Å². The first kappa shape index (κ1) is 35.8. The minimum absolute atomic E-state index is 0.00251. The molecule has 260 valence electrons. The Labute approximate surface area is 286 Å². The van der Waals surface area contributed by atoms with Gasteiger partial charge in [-0.25, -0.2) is 4.98 Å². The second-order valence-corrected chi connectivity index (χ2v) is 14.1. The number of H-pyrrole nitrogens is 1. The Bertz CT molecular complexity index is 1480. The second-order valence-electron chi connectivity index (χ2n) is 14.1. The summed E-state index contributed by atoms with van der Waals surface area (Å²) in [5, 5.41) is 43.6. The average molecular weight is 658 g/mol. The summed E-state index contributed by atoms with van der Waals surface area (Å²) in [5.74, 6) is 7.47. The number of hydrogen-bond donors (Lipinski definition) is 6. The highest BCUT2D eigenvalue weighted by atomic mass is 16.5. The van der Waals surface area contributed by atoms with Crippen molar-refractivity contribution in [3.63, 3.8) is 0 Å². The van der Waals surface area contributed by atoms with E-state index in [0.29, 0.717) is 49.6 Å². The predicted octanol–water partition coefficient (Wildman–Crippen LogP) is 6.78. The van der Waals surface area contributed by atoms with Gasteiger partial charge in [0, 0.05) is 41.8 Å². The zero-order valence-electron chi connectivity index (χ0n) is 28.5. The van der Waals surface area contributed by atoms with Crippen LogP contribution in [-0.4, -0.2) is 55.3 Å². The van der Waals surface area contributed by atoms with Crippen LogP contribution in [0.15, 0.2) is 54.9 Å². The Balaban J connectivity index is 1.32. The molecule has 0 saturated heterocycles. The molecule has 2 aromatic heterocycles.